The Morgan fingerprint density at radius 3 is 2.71 bits per heavy atom. The van der Waals surface area contributed by atoms with Gasteiger partial charge in [-0.1, -0.05) is 31.0 Å². The molecule has 1 aliphatic heterocycles. The van der Waals surface area contributed by atoms with Crippen molar-refractivity contribution < 1.29 is 4.74 Å². The molecule has 1 aromatic rings. The van der Waals surface area contributed by atoms with E-state index >= 15 is 0 Å². The van der Waals surface area contributed by atoms with Gasteiger partial charge in [0.15, 0.2) is 0 Å². The molecule has 2 nitrogen and oxygen atoms in total. The first kappa shape index (κ1) is 15.1. The van der Waals surface area contributed by atoms with Crippen LogP contribution in [0.4, 0.5) is 0 Å². The van der Waals surface area contributed by atoms with Crippen LogP contribution in [-0.4, -0.2) is 18.2 Å². The molecular formula is C19H29NO. The summed E-state index contributed by atoms with van der Waals surface area (Å²) in [6, 6.07) is 7.04. The van der Waals surface area contributed by atoms with Gasteiger partial charge >= 0.3 is 0 Å². The normalized spacial score (nSPS) is 26.1. The van der Waals surface area contributed by atoms with Crippen molar-refractivity contribution in [3.05, 3.63) is 34.9 Å². The van der Waals surface area contributed by atoms with Crippen molar-refractivity contribution in [1.82, 2.24) is 0 Å². The van der Waals surface area contributed by atoms with E-state index in [1.807, 2.05) is 0 Å². The molecule has 1 heterocycles. The summed E-state index contributed by atoms with van der Waals surface area (Å²) in [6.07, 6.45) is 8.48. The molecular weight excluding hydrogens is 258 g/mol. The summed E-state index contributed by atoms with van der Waals surface area (Å²) in [7, 11) is 0. The molecule has 2 N–H and O–H groups in total. The van der Waals surface area contributed by atoms with E-state index in [1.54, 1.807) is 0 Å². The van der Waals surface area contributed by atoms with Gasteiger partial charge in [0.05, 0.1) is 5.60 Å². The predicted octanol–water partition coefficient (Wildman–Crippen LogP) is 3.91. The molecule has 1 saturated carbocycles. The van der Waals surface area contributed by atoms with Crippen LogP contribution < -0.4 is 5.73 Å². The standard InChI is InChI=1S/C19H29NO/c1-14-5-6-16(11-15(14)2)12-18(20)17-7-10-21-19(13-17)8-3-4-9-19/h5-6,11,17-18H,3-4,7-10,12-13,20H2,1-2H3. The Morgan fingerprint density at radius 2 is 2.00 bits per heavy atom. The summed E-state index contributed by atoms with van der Waals surface area (Å²) in [5, 5.41) is 0. The minimum Gasteiger partial charge on any atom is -0.375 e. The lowest BCUT2D eigenvalue weighted by Gasteiger charge is -2.40. The fourth-order valence-electron chi connectivity index (χ4n) is 4.17. The molecule has 1 aromatic carbocycles. The van der Waals surface area contributed by atoms with Gasteiger partial charge in [0.2, 0.25) is 0 Å². The molecule has 1 spiro atoms. The number of ether oxygens (including phenoxy) is 1. The third kappa shape index (κ3) is 3.32. The maximum Gasteiger partial charge on any atom is 0.0685 e. The van der Waals surface area contributed by atoms with Crippen LogP contribution in [0.3, 0.4) is 0 Å². The molecule has 0 bridgehead atoms. The third-order valence-corrected chi connectivity index (χ3v) is 5.69. The van der Waals surface area contributed by atoms with Crippen LogP contribution in [0.15, 0.2) is 18.2 Å². The van der Waals surface area contributed by atoms with Crippen molar-refractivity contribution in [3.8, 4) is 0 Å². The lowest BCUT2D eigenvalue weighted by atomic mass is 9.79. The summed E-state index contributed by atoms with van der Waals surface area (Å²) in [5.74, 6) is 0.624. The van der Waals surface area contributed by atoms with E-state index in [1.165, 1.54) is 48.8 Å². The van der Waals surface area contributed by atoms with Gasteiger partial charge in [-0.15, -0.1) is 0 Å². The van der Waals surface area contributed by atoms with Gasteiger partial charge in [-0.25, -0.2) is 0 Å². The van der Waals surface area contributed by atoms with E-state index in [0.717, 1.165) is 19.4 Å². The maximum absolute atomic E-state index is 6.56. The van der Waals surface area contributed by atoms with E-state index in [0.29, 0.717) is 5.92 Å². The monoisotopic (exact) mass is 287 g/mol. The first-order valence-corrected chi connectivity index (χ1v) is 8.54. The zero-order valence-corrected chi connectivity index (χ0v) is 13.5. The van der Waals surface area contributed by atoms with Gasteiger partial charge < -0.3 is 10.5 Å². The largest absolute Gasteiger partial charge is 0.375 e. The van der Waals surface area contributed by atoms with Crippen LogP contribution in [0.25, 0.3) is 0 Å². The van der Waals surface area contributed by atoms with Crippen molar-refractivity contribution >= 4 is 0 Å². The van der Waals surface area contributed by atoms with E-state index in [9.17, 15) is 0 Å². The molecule has 3 rings (SSSR count). The Labute approximate surface area is 129 Å². The van der Waals surface area contributed by atoms with E-state index < -0.39 is 0 Å². The molecule has 2 heteroatoms. The van der Waals surface area contributed by atoms with Gasteiger partial charge in [-0.05, 0) is 68.6 Å². The number of benzene rings is 1. The third-order valence-electron chi connectivity index (χ3n) is 5.69. The van der Waals surface area contributed by atoms with Gasteiger partial charge in [0.25, 0.3) is 0 Å². The van der Waals surface area contributed by atoms with Crippen LogP contribution in [0.2, 0.25) is 0 Å². The lowest BCUT2D eigenvalue weighted by molar-refractivity contribution is -0.0960. The topological polar surface area (TPSA) is 35.2 Å². The molecule has 0 aromatic heterocycles. The summed E-state index contributed by atoms with van der Waals surface area (Å²) in [5.41, 5.74) is 10.9. The molecule has 1 aliphatic carbocycles. The second kappa shape index (κ2) is 6.10. The van der Waals surface area contributed by atoms with Crippen molar-refractivity contribution in [2.24, 2.45) is 11.7 Å². The predicted molar refractivity (Wildman–Crippen MR) is 87.5 cm³/mol. The zero-order valence-electron chi connectivity index (χ0n) is 13.5. The van der Waals surface area contributed by atoms with Crippen LogP contribution in [-0.2, 0) is 11.2 Å². The second-order valence-electron chi connectivity index (χ2n) is 7.28. The summed E-state index contributed by atoms with van der Waals surface area (Å²) in [4.78, 5) is 0. The Morgan fingerprint density at radius 1 is 1.24 bits per heavy atom. The highest BCUT2D eigenvalue weighted by Gasteiger charge is 2.41. The van der Waals surface area contributed by atoms with Crippen LogP contribution in [0.5, 0.6) is 0 Å². The van der Waals surface area contributed by atoms with Crippen molar-refractivity contribution in [1.29, 1.82) is 0 Å². The highest BCUT2D eigenvalue weighted by Crippen LogP contribution is 2.42. The van der Waals surface area contributed by atoms with E-state index in [2.05, 4.69) is 32.0 Å². The average Bonchev–Trinajstić information content (AvgIpc) is 2.91. The van der Waals surface area contributed by atoms with Gasteiger partial charge in [-0.2, -0.15) is 0 Å². The van der Waals surface area contributed by atoms with E-state index in [4.69, 9.17) is 10.5 Å². The van der Waals surface area contributed by atoms with Gasteiger partial charge in [0, 0.05) is 12.6 Å². The molecule has 21 heavy (non-hydrogen) atoms. The summed E-state index contributed by atoms with van der Waals surface area (Å²) < 4.78 is 6.14. The van der Waals surface area contributed by atoms with Crippen molar-refractivity contribution in [3.63, 3.8) is 0 Å². The Bertz CT molecular complexity index is 490. The molecule has 1 saturated heterocycles. The highest BCUT2D eigenvalue weighted by atomic mass is 16.5. The SMILES string of the molecule is Cc1ccc(CC(N)C2CCOC3(CCCC3)C2)cc1C. The van der Waals surface area contributed by atoms with Crippen molar-refractivity contribution in [2.75, 3.05) is 6.61 Å². The zero-order chi connectivity index (χ0) is 14.9. The average molecular weight is 287 g/mol. The summed E-state index contributed by atoms with van der Waals surface area (Å²) in [6.45, 7) is 5.26. The molecule has 2 aliphatic rings. The fraction of sp³-hybridized carbons (Fsp3) is 0.684. The van der Waals surface area contributed by atoms with Crippen LogP contribution in [0, 0.1) is 19.8 Å². The number of hydrogen-bond acceptors (Lipinski definition) is 2. The number of rotatable bonds is 3. The molecule has 2 atom stereocenters. The number of aryl methyl sites for hydroxylation is 2. The molecule has 2 unspecified atom stereocenters. The first-order chi connectivity index (χ1) is 10.1. The molecule has 0 amide bonds. The molecule has 116 valence electrons. The smallest absolute Gasteiger partial charge is 0.0685 e. The summed E-state index contributed by atoms with van der Waals surface area (Å²) >= 11 is 0. The van der Waals surface area contributed by atoms with Crippen LogP contribution in [0.1, 0.15) is 55.2 Å². The van der Waals surface area contributed by atoms with Gasteiger partial charge in [0.1, 0.15) is 0 Å². The van der Waals surface area contributed by atoms with E-state index in [-0.39, 0.29) is 11.6 Å². The minimum atomic E-state index is 0.184. The Balaban J connectivity index is 1.64. The minimum absolute atomic E-state index is 0.184. The lowest BCUT2D eigenvalue weighted by Crippen LogP contribution is -2.44. The molecule has 0 radical (unpaired) electrons. The maximum atomic E-state index is 6.56. The fourth-order valence-corrected chi connectivity index (χ4v) is 4.17. The number of hydrogen-bond donors (Lipinski definition) is 1. The Hall–Kier alpha value is -0.860. The first-order valence-electron chi connectivity index (χ1n) is 8.54. The van der Waals surface area contributed by atoms with Gasteiger partial charge in [-0.3, -0.25) is 0 Å². The number of nitrogens with two attached hydrogens (primary N) is 1. The second-order valence-corrected chi connectivity index (χ2v) is 7.28. The Kier molecular flexibility index (Phi) is 4.37. The quantitative estimate of drug-likeness (QED) is 0.914. The van der Waals surface area contributed by atoms with Crippen molar-refractivity contribution in [2.45, 2.75) is 70.4 Å². The highest BCUT2D eigenvalue weighted by molar-refractivity contribution is 5.30. The molecule has 2 fully saturated rings. The van der Waals surface area contributed by atoms with Crippen LogP contribution >= 0.6 is 0 Å².